The zero-order chi connectivity index (χ0) is 16.8. The Labute approximate surface area is 134 Å². The molecule has 0 heterocycles. The van der Waals surface area contributed by atoms with Crippen LogP contribution in [-0.4, -0.2) is 12.2 Å². The van der Waals surface area contributed by atoms with E-state index < -0.39 is 6.03 Å². The van der Waals surface area contributed by atoms with Crippen molar-refractivity contribution in [3.05, 3.63) is 64.5 Å². The molecule has 0 saturated heterocycles. The fourth-order valence-electron chi connectivity index (χ4n) is 2.07. The molecule has 0 radical (unpaired) electrons. The second kappa shape index (κ2) is 7.40. The second-order valence-corrected chi connectivity index (χ2v) is 5.11. The maximum atomic E-state index is 12.9. The molecule has 0 bridgehead atoms. The highest BCUT2D eigenvalue weighted by atomic mass is 19.1. The molecule has 2 aromatic rings. The molecule has 120 valence electrons. The SMILES string of the molecule is Cc1cc(C)c(COc2ccc(F)cc2)cc1C=NNC(N)=O. The fraction of sp³-hybridized carbons (Fsp3) is 0.176. The van der Waals surface area contributed by atoms with Gasteiger partial charge in [0.2, 0.25) is 0 Å². The van der Waals surface area contributed by atoms with Crippen LogP contribution in [0.25, 0.3) is 0 Å². The van der Waals surface area contributed by atoms with Crippen molar-refractivity contribution in [2.24, 2.45) is 10.8 Å². The monoisotopic (exact) mass is 315 g/mol. The van der Waals surface area contributed by atoms with Crippen molar-refractivity contribution in [2.45, 2.75) is 20.5 Å². The Kier molecular flexibility index (Phi) is 5.30. The van der Waals surface area contributed by atoms with E-state index in [0.29, 0.717) is 12.4 Å². The lowest BCUT2D eigenvalue weighted by molar-refractivity contribution is 0.249. The van der Waals surface area contributed by atoms with Gasteiger partial charge in [-0.2, -0.15) is 5.10 Å². The maximum Gasteiger partial charge on any atom is 0.332 e. The Balaban J connectivity index is 2.13. The molecule has 3 N–H and O–H groups in total. The van der Waals surface area contributed by atoms with Gasteiger partial charge in [-0.3, -0.25) is 0 Å². The van der Waals surface area contributed by atoms with Gasteiger partial charge >= 0.3 is 6.03 Å². The average molecular weight is 315 g/mol. The molecule has 2 rings (SSSR count). The normalized spacial score (nSPS) is 10.7. The number of halogens is 1. The summed E-state index contributed by atoms with van der Waals surface area (Å²) in [4.78, 5) is 10.6. The standard InChI is InChI=1S/C17H18FN3O2/c1-11-7-12(2)14(8-13(11)9-20-21-17(19)22)10-23-16-5-3-15(18)4-6-16/h3-9H,10H2,1-2H3,(H3,19,21,22). The summed E-state index contributed by atoms with van der Waals surface area (Å²) in [5.41, 5.74) is 11.0. The molecule has 0 aromatic heterocycles. The Morgan fingerprint density at radius 2 is 1.96 bits per heavy atom. The molecule has 5 nitrogen and oxygen atoms in total. The Bertz CT molecular complexity index is 727. The lowest BCUT2D eigenvalue weighted by Gasteiger charge is -2.11. The first-order valence-corrected chi connectivity index (χ1v) is 7.02. The van der Waals surface area contributed by atoms with Crippen molar-refractivity contribution in [3.8, 4) is 5.75 Å². The fourth-order valence-corrected chi connectivity index (χ4v) is 2.07. The molecule has 0 unspecified atom stereocenters. The van der Waals surface area contributed by atoms with Gasteiger partial charge in [0.05, 0.1) is 6.21 Å². The third-order valence-corrected chi connectivity index (χ3v) is 3.31. The summed E-state index contributed by atoms with van der Waals surface area (Å²) in [7, 11) is 0. The number of hydrazone groups is 1. The number of primary amides is 1. The summed E-state index contributed by atoms with van der Waals surface area (Å²) >= 11 is 0. The first kappa shape index (κ1) is 16.5. The summed E-state index contributed by atoms with van der Waals surface area (Å²) in [5.74, 6) is 0.293. The quantitative estimate of drug-likeness (QED) is 0.657. The second-order valence-electron chi connectivity index (χ2n) is 5.11. The molecular formula is C17H18FN3O2. The summed E-state index contributed by atoms with van der Waals surface area (Å²) in [6.45, 7) is 4.28. The van der Waals surface area contributed by atoms with E-state index in [1.807, 2.05) is 26.0 Å². The topological polar surface area (TPSA) is 76.7 Å². The van der Waals surface area contributed by atoms with Crippen molar-refractivity contribution >= 4 is 12.2 Å². The largest absolute Gasteiger partial charge is 0.489 e. The Morgan fingerprint density at radius 1 is 1.26 bits per heavy atom. The summed E-state index contributed by atoms with van der Waals surface area (Å²) in [5, 5.41) is 3.77. The highest BCUT2D eigenvalue weighted by Crippen LogP contribution is 2.18. The summed E-state index contributed by atoms with van der Waals surface area (Å²) in [6.07, 6.45) is 1.53. The molecule has 0 aliphatic rings. The van der Waals surface area contributed by atoms with Gasteiger partial charge in [-0.15, -0.1) is 0 Å². The lowest BCUT2D eigenvalue weighted by Crippen LogP contribution is -2.24. The Hall–Kier alpha value is -2.89. The minimum Gasteiger partial charge on any atom is -0.489 e. The summed E-state index contributed by atoms with van der Waals surface area (Å²) in [6, 6.07) is 9.09. The molecule has 2 amide bonds. The number of hydrogen-bond acceptors (Lipinski definition) is 3. The number of nitrogens with zero attached hydrogens (tertiary/aromatic N) is 1. The van der Waals surface area contributed by atoms with E-state index >= 15 is 0 Å². The van der Waals surface area contributed by atoms with Gasteiger partial charge < -0.3 is 10.5 Å². The minimum absolute atomic E-state index is 0.302. The maximum absolute atomic E-state index is 12.9. The van der Waals surface area contributed by atoms with Crippen LogP contribution in [0.15, 0.2) is 41.5 Å². The van der Waals surface area contributed by atoms with Crippen LogP contribution in [0.3, 0.4) is 0 Å². The zero-order valence-corrected chi connectivity index (χ0v) is 13.0. The van der Waals surface area contributed by atoms with E-state index in [0.717, 1.165) is 22.3 Å². The number of hydrogen-bond donors (Lipinski definition) is 2. The van der Waals surface area contributed by atoms with Crippen LogP contribution in [0.2, 0.25) is 0 Å². The van der Waals surface area contributed by atoms with Crippen LogP contribution in [0.5, 0.6) is 5.75 Å². The molecule has 0 atom stereocenters. The number of urea groups is 1. The van der Waals surface area contributed by atoms with E-state index in [2.05, 4.69) is 10.5 Å². The van der Waals surface area contributed by atoms with Gasteiger partial charge in [0, 0.05) is 0 Å². The van der Waals surface area contributed by atoms with Crippen molar-refractivity contribution in [1.29, 1.82) is 0 Å². The predicted octanol–water partition coefficient (Wildman–Crippen LogP) is 3.02. The zero-order valence-electron chi connectivity index (χ0n) is 13.0. The molecule has 0 saturated carbocycles. The average Bonchev–Trinajstić information content (AvgIpc) is 2.49. The Morgan fingerprint density at radius 3 is 2.61 bits per heavy atom. The molecule has 6 heteroatoms. The molecule has 0 fully saturated rings. The number of rotatable bonds is 5. The van der Waals surface area contributed by atoms with Gasteiger partial charge in [-0.05, 0) is 66.4 Å². The van der Waals surface area contributed by atoms with Crippen molar-refractivity contribution in [3.63, 3.8) is 0 Å². The minimum atomic E-state index is -0.717. The predicted molar refractivity (Wildman–Crippen MR) is 87.0 cm³/mol. The number of carbonyl (C=O) groups is 1. The van der Waals surface area contributed by atoms with Gasteiger partial charge in [0.25, 0.3) is 0 Å². The molecule has 0 aliphatic heterocycles. The van der Waals surface area contributed by atoms with Crippen LogP contribution in [-0.2, 0) is 6.61 Å². The van der Waals surface area contributed by atoms with E-state index in [-0.39, 0.29) is 5.82 Å². The van der Waals surface area contributed by atoms with Gasteiger partial charge in [0.15, 0.2) is 0 Å². The van der Waals surface area contributed by atoms with Crippen LogP contribution in [0.4, 0.5) is 9.18 Å². The van der Waals surface area contributed by atoms with Crippen molar-refractivity contribution in [1.82, 2.24) is 5.43 Å². The van der Waals surface area contributed by atoms with Crippen LogP contribution < -0.4 is 15.9 Å². The van der Waals surface area contributed by atoms with E-state index in [4.69, 9.17) is 10.5 Å². The number of aryl methyl sites for hydroxylation is 2. The number of amides is 2. The van der Waals surface area contributed by atoms with Crippen molar-refractivity contribution in [2.75, 3.05) is 0 Å². The molecule has 0 aliphatic carbocycles. The van der Waals surface area contributed by atoms with Crippen molar-refractivity contribution < 1.29 is 13.9 Å². The molecule has 0 spiro atoms. The molecular weight excluding hydrogens is 297 g/mol. The third kappa shape index (κ3) is 4.81. The molecule has 23 heavy (non-hydrogen) atoms. The highest BCUT2D eigenvalue weighted by Gasteiger charge is 2.05. The number of nitrogens with two attached hydrogens (primary N) is 1. The smallest absolute Gasteiger partial charge is 0.332 e. The van der Waals surface area contributed by atoms with Crippen LogP contribution >= 0.6 is 0 Å². The van der Waals surface area contributed by atoms with Crippen LogP contribution in [0.1, 0.15) is 22.3 Å². The first-order chi connectivity index (χ1) is 11.0. The number of nitrogens with one attached hydrogen (secondary N) is 1. The van der Waals surface area contributed by atoms with Crippen LogP contribution in [0, 0.1) is 19.7 Å². The lowest BCUT2D eigenvalue weighted by atomic mass is 10.0. The van der Waals surface area contributed by atoms with E-state index in [1.165, 1.54) is 18.3 Å². The third-order valence-electron chi connectivity index (χ3n) is 3.31. The summed E-state index contributed by atoms with van der Waals surface area (Å²) < 4.78 is 18.5. The number of carbonyl (C=O) groups excluding carboxylic acids is 1. The first-order valence-electron chi connectivity index (χ1n) is 7.02. The highest BCUT2D eigenvalue weighted by molar-refractivity contribution is 5.83. The van der Waals surface area contributed by atoms with Gasteiger partial charge in [0.1, 0.15) is 18.2 Å². The number of ether oxygens (including phenoxy) is 1. The van der Waals surface area contributed by atoms with E-state index in [1.54, 1.807) is 12.1 Å². The number of benzene rings is 2. The van der Waals surface area contributed by atoms with Gasteiger partial charge in [-0.25, -0.2) is 14.6 Å². The molecule has 2 aromatic carbocycles. The van der Waals surface area contributed by atoms with E-state index in [9.17, 15) is 9.18 Å². The van der Waals surface area contributed by atoms with Gasteiger partial charge in [-0.1, -0.05) is 6.07 Å².